The zero-order valence-corrected chi connectivity index (χ0v) is 17.0. The number of carbonyl (C=O) groups excluding carboxylic acids is 1. The fourth-order valence-electron chi connectivity index (χ4n) is 3.60. The van der Waals surface area contributed by atoms with Crippen molar-refractivity contribution in [1.29, 1.82) is 0 Å². The molecular formula is C25H23N3O3. The quantitative estimate of drug-likeness (QED) is 0.506. The van der Waals surface area contributed by atoms with Gasteiger partial charge in [-0.05, 0) is 29.7 Å². The van der Waals surface area contributed by atoms with E-state index in [0.717, 1.165) is 11.1 Å². The van der Waals surface area contributed by atoms with E-state index < -0.39 is 5.69 Å². The molecule has 31 heavy (non-hydrogen) atoms. The lowest BCUT2D eigenvalue weighted by atomic mass is 10.1. The maximum Gasteiger partial charge on any atom is 0.331 e. The molecule has 156 valence electrons. The smallest absolute Gasteiger partial charge is 0.331 e. The molecule has 1 aromatic heterocycles. The molecule has 4 aromatic rings. The number of aromatic nitrogens is 2. The lowest BCUT2D eigenvalue weighted by Crippen LogP contribution is -2.42. The van der Waals surface area contributed by atoms with Crippen molar-refractivity contribution >= 4 is 16.8 Å². The maximum atomic E-state index is 13.2. The second kappa shape index (κ2) is 9.26. The van der Waals surface area contributed by atoms with E-state index >= 15 is 0 Å². The first-order valence-corrected chi connectivity index (χ1v) is 10.2. The van der Waals surface area contributed by atoms with Crippen molar-refractivity contribution in [2.24, 2.45) is 0 Å². The molecule has 1 N–H and O–H groups in total. The van der Waals surface area contributed by atoms with Gasteiger partial charge < -0.3 is 5.32 Å². The Bertz CT molecular complexity index is 1310. The zero-order chi connectivity index (χ0) is 21.6. The first-order valence-electron chi connectivity index (χ1n) is 10.2. The van der Waals surface area contributed by atoms with E-state index in [0.29, 0.717) is 23.9 Å². The number of nitrogens with one attached hydrogen (secondary N) is 1. The highest BCUT2D eigenvalue weighted by Crippen LogP contribution is 2.08. The largest absolute Gasteiger partial charge is 0.350 e. The topological polar surface area (TPSA) is 73.1 Å². The van der Waals surface area contributed by atoms with Gasteiger partial charge in [0, 0.05) is 13.1 Å². The Morgan fingerprint density at radius 1 is 0.742 bits per heavy atom. The van der Waals surface area contributed by atoms with Crippen LogP contribution >= 0.6 is 0 Å². The standard InChI is InChI=1S/C25H23N3O3/c29-23(26-17-20-11-5-2-6-12-20)18-28-22-14-8-7-13-21(22)24(30)27(25(28)31)16-15-19-9-3-1-4-10-19/h1-14H,15-18H2,(H,26,29). The van der Waals surface area contributed by atoms with E-state index in [1.165, 1.54) is 9.13 Å². The molecule has 1 heterocycles. The SMILES string of the molecule is O=C(Cn1c(=O)n(CCc2ccccc2)c(=O)c2ccccc21)NCc1ccccc1. The number of hydrogen-bond donors (Lipinski definition) is 1. The average Bonchev–Trinajstić information content (AvgIpc) is 2.82. The summed E-state index contributed by atoms with van der Waals surface area (Å²) in [6.07, 6.45) is 0.550. The second-order valence-electron chi connectivity index (χ2n) is 7.34. The number of fused-ring (bicyclic) bond motifs is 1. The average molecular weight is 413 g/mol. The highest BCUT2D eigenvalue weighted by molar-refractivity contribution is 5.81. The summed E-state index contributed by atoms with van der Waals surface area (Å²) in [5, 5.41) is 3.27. The second-order valence-corrected chi connectivity index (χ2v) is 7.34. The first kappa shape index (κ1) is 20.3. The molecule has 6 nitrogen and oxygen atoms in total. The van der Waals surface area contributed by atoms with E-state index in [2.05, 4.69) is 5.32 Å². The van der Waals surface area contributed by atoms with E-state index in [1.54, 1.807) is 24.3 Å². The van der Waals surface area contributed by atoms with Crippen LogP contribution in [0.25, 0.3) is 10.9 Å². The summed E-state index contributed by atoms with van der Waals surface area (Å²) in [4.78, 5) is 38.7. The summed E-state index contributed by atoms with van der Waals surface area (Å²) in [6, 6.07) is 26.2. The Labute approximate surface area is 179 Å². The molecule has 0 aliphatic rings. The molecular weight excluding hydrogens is 390 g/mol. The molecule has 0 spiro atoms. The molecule has 0 saturated carbocycles. The van der Waals surface area contributed by atoms with Crippen LogP contribution < -0.4 is 16.6 Å². The van der Waals surface area contributed by atoms with Gasteiger partial charge in [-0.1, -0.05) is 72.8 Å². The van der Waals surface area contributed by atoms with E-state index in [1.807, 2.05) is 60.7 Å². The Morgan fingerprint density at radius 2 is 1.35 bits per heavy atom. The number of amides is 1. The number of rotatable bonds is 7. The molecule has 0 radical (unpaired) electrons. The number of nitrogens with zero attached hydrogens (tertiary/aromatic N) is 2. The van der Waals surface area contributed by atoms with E-state index in [4.69, 9.17) is 0 Å². The molecule has 0 atom stereocenters. The summed E-state index contributed by atoms with van der Waals surface area (Å²) < 4.78 is 2.60. The third kappa shape index (κ3) is 4.64. The van der Waals surface area contributed by atoms with Crippen LogP contribution in [0.2, 0.25) is 0 Å². The van der Waals surface area contributed by atoms with Crippen molar-refractivity contribution in [1.82, 2.24) is 14.5 Å². The fraction of sp³-hybridized carbons (Fsp3) is 0.160. The van der Waals surface area contributed by atoms with Gasteiger partial charge in [-0.15, -0.1) is 0 Å². The molecule has 0 unspecified atom stereocenters. The van der Waals surface area contributed by atoms with Crippen LogP contribution in [-0.2, 0) is 30.8 Å². The van der Waals surface area contributed by atoms with Crippen molar-refractivity contribution in [2.45, 2.75) is 26.1 Å². The molecule has 1 amide bonds. The molecule has 0 saturated heterocycles. The maximum absolute atomic E-state index is 13.2. The lowest BCUT2D eigenvalue weighted by molar-refractivity contribution is -0.121. The highest BCUT2D eigenvalue weighted by Gasteiger charge is 2.15. The van der Waals surface area contributed by atoms with E-state index in [-0.39, 0.29) is 24.6 Å². The van der Waals surface area contributed by atoms with E-state index in [9.17, 15) is 14.4 Å². The van der Waals surface area contributed by atoms with Gasteiger partial charge in [0.15, 0.2) is 0 Å². The van der Waals surface area contributed by atoms with Crippen molar-refractivity contribution in [3.8, 4) is 0 Å². The minimum Gasteiger partial charge on any atom is -0.350 e. The number of carbonyl (C=O) groups is 1. The molecule has 6 heteroatoms. The predicted molar refractivity (Wildman–Crippen MR) is 121 cm³/mol. The Hall–Kier alpha value is -3.93. The third-order valence-electron chi connectivity index (χ3n) is 5.23. The lowest BCUT2D eigenvalue weighted by Gasteiger charge is -2.14. The highest BCUT2D eigenvalue weighted by atomic mass is 16.2. The molecule has 4 rings (SSSR count). The van der Waals surface area contributed by atoms with Gasteiger partial charge in [0.2, 0.25) is 5.91 Å². The van der Waals surface area contributed by atoms with Crippen LogP contribution in [0.4, 0.5) is 0 Å². The summed E-state index contributed by atoms with van der Waals surface area (Å²) in [7, 11) is 0. The van der Waals surface area contributed by atoms with Gasteiger partial charge in [-0.2, -0.15) is 0 Å². The summed E-state index contributed by atoms with van der Waals surface area (Å²) in [6.45, 7) is 0.468. The summed E-state index contributed by atoms with van der Waals surface area (Å²) in [5.74, 6) is -0.288. The molecule has 0 aliphatic carbocycles. The van der Waals surface area contributed by atoms with Gasteiger partial charge in [0.05, 0.1) is 10.9 Å². The minimum atomic E-state index is -0.477. The van der Waals surface area contributed by atoms with Crippen molar-refractivity contribution in [2.75, 3.05) is 0 Å². The first-order chi connectivity index (χ1) is 15.1. The monoisotopic (exact) mass is 413 g/mol. The molecule has 0 bridgehead atoms. The van der Waals surface area contributed by atoms with Crippen molar-refractivity contribution in [3.05, 3.63) is 117 Å². The normalized spacial score (nSPS) is 10.8. The molecule has 0 fully saturated rings. The van der Waals surface area contributed by atoms with Crippen LogP contribution in [0.3, 0.4) is 0 Å². The van der Waals surface area contributed by atoms with Gasteiger partial charge in [-0.3, -0.25) is 18.7 Å². The molecule has 3 aromatic carbocycles. The summed E-state index contributed by atoms with van der Waals surface area (Å²) >= 11 is 0. The molecule has 0 aliphatic heterocycles. The Morgan fingerprint density at radius 3 is 2.06 bits per heavy atom. The Kier molecular flexibility index (Phi) is 6.08. The fourth-order valence-corrected chi connectivity index (χ4v) is 3.60. The van der Waals surface area contributed by atoms with Gasteiger partial charge in [-0.25, -0.2) is 4.79 Å². The van der Waals surface area contributed by atoms with Crippen LogP contribution in [0.15, 0.2) is 94.5 Å². The minimum absolute atomic E-state index is 0.155. The number of benzene rings is 3. The van der Waals surface area contributed by atoms with Gasteiger partial charge in [0.1, 0.15) is 6.54 Å². The Balaban J connectivity index is 1.63. The van der Waals surface area contributed by atoms with Gasteiger partial charge >= 0.3 is 5.69 Å². The zero-order valence-electron chi connectivity index (χ0n) is 17.0. The van der Waals surface area contributed by atoms with Crippen molar-refractivity contribution < 1.29 is 4.79 Å². The van der Waals surface area contributed by atoms with Gasteiger partial charge in [0.25, 0.3) is 5.56 Å². The third-order valence-corrected chi connectivity index (χ3v) is 5.23. The van der Waals surface area contributed by atoms with Crippen molar-refractivity contribution in [3.63, 3.8) is 0 Å². The van der Waals surface area contributed by atoms with Crippen LogP contribution in [-0.4, -0.2) is 15.0 Å². The summed E-state index contributed by atoms with van der Waals surface area (Å²) in [5.41, 5.74) is 1.66. The number of para-hydroxylation sites is 1. The van der Waals surface area contributed by atoms with Crippen LogP contribution in [0, 0.1) is 0 Å². The number of aryl methyl sites for hydroxylation is 1. The van der Waals surface area contributed by atoms with Crippen LogP contribution in [0.5, 0.6) is 0 Å². The predicted octanol–water partition coefficient (Wildman–Crippen LogP) is 2.72. The number of hydrogen-bond acceptors (Lipinski definition) is 3. The van der Waals surface area contributed by atoms with Crippen LogP contribution in [0.1, 0.15) is 11.1 Å².